The van der Waals surface area contributed by atoms with Gasteiger partial charge in [-0.05, 0) is 55.7 Å². The van der Waals surface area contributed by atoms with Gasteiger partial charge in [-0.2, -0.15) is 0 Å². The number of halogens is 1. The normalized spacial score (nSPS) is 12.4. The van der Waals surface area contributed by atoms with Crippen LogP contribution < -0.4 is 5.73 Å². The largest absolute Gasteiger partial charge is 0.369 e. The van der Waals surface area contributed by atoms with Crippen LogP contribution in [-0.2, 0) is 11.3 Å². The lowest BCUT2D eigenvalue weighted by Crippen LogP contribution is -2.23. The van der Waals surface area contributed by atoms with Crippen LogP contribution in [-0.4, -0.2) is 16.3 Å². The van der Waals surface area contributed by atoms with E-state index in [0.717, 1.165) is 12.1 Å². The molecular formula is C19H23ClN2O2. The van der Waals surface area contributed by atoms with Crippen molar-refractivity contribution in [2.24, 2.45) is 11.7 Å². The van der Waals surface area contributed by atoms with Gasteiger partial charge in [0.15, 0.2) is 0 Å². The molecule has 0 spiro atoms. The molecule has 0 fully saturated rings. The van der Waals surface area contributed by atoms with Gasteiger partial charge in [0.1, 0.15) is 0 Å². The zero-order chi connectivity index (χ0) is 17.9. The van der Waals surface area contributed by atoms with Crippen molar-refractivity contribution in [3.8, 4) is 0 Å². The van der Waals surface area contributed by atoms with Gasteiger partial charge in [0, 0.05) is 22.8 Å². The Morgan fingerprint density at radius 2 is 1.71 bits per heavy atom. The maximum atomic E-state index is 12.8. The van der Waals surface area contributed by atoms with Crippen LogP contribution >= 0.6 is 11.6 Å². The Labute approximate surface area is 147 Å². The molecule has 2 rings (SSSR count). The van der Waals surface area contributed by atoms with Crippen molar-refractivity contribution in [1.82, 2.24) is 4.57 Å². The number of rotatable bonds is 7. The Hall–Kier alpha value is -2.07. The molecule has 0 saturated carbocycles. The van der Waals surface area contributed by atoms with E-state index in [4.69, 9.17) is 17.3 Å². The van der Waals surface area contributed by atoms with E-state index in [9.17, 15) is 9.59 Å². The van der Waals surface area contributed by atoms with Gasteiger partial charge in [-0.1, -0.05) is 25.4 Å². The number of nitrogens with zero attached hydrogens (tertiary/aromatic N) is 1. The van der Waals surface area contributed by atoms with Gasteiger partial charge in [-0.3, -0.25) is 9.59 Å². The zero-order valence-corrected chi connectivity index (χ0v) is 15.0. The fraction of sp³-hybridized carbons (Fsp3) is 0.368. The maximum absolute atomic E-state index is 12.8. The van der Waals surface area contributed by atoms with E-state index >= 15 is 0 Å². The fourth-order valence-electron chi connectivity index (χ4n) is 2.59. The third-order valence-corrected chi connectivity index (χ3v) is 4.41. The fourth-order valence-corrected chi connectivity index (χ4v) is 2.72. The highest BCUT2D eigenvalue weighted by atomic mass is 35.5. The van der Waals surface area contributed by atoms with Gasteiger partial charge in [-0.15, -0.1) is 0 Å². The summed E-state index contributed by atoms with van der Waals surface area (Å²) in [7, 11) is 0. The zero-order valence-electron chi connectivity index (χ0n) is 14.3. The summed E-state index contributed by atoms with van der Waals surface area (Å²) in [5.41, 5.74) is 7.37. The Kier molecular flexibility index (Phi) is 5.84. The quantitative estimate of drug-likeness (QED) is 0.770. The van der Waals surface area contributed by atoms with Crippen LogP contribution in [0.25, 0.3) is 0 Å². The van der Waals surface area contributed by atoms with Crippen molar-refractivity contribution in [3.63, 3.8) is 0 Å². The summed E-state index contributed by atoms with van der Waals surface area (Å²) < 4.78 is 1.92. The smallest absolute Gasteiger partial charge is 0.226 e. The SMILES string of the molecule is CC(C)CCn1c(C(=O)c2ccc(Cl)cc2)ccc1C(C)C(N)=O. The monoisotopic (exact) mass is 346 g/mol. The molecule has 4 nitrogen and oxygen atoms in total. The van der Waals surface area contributed by atoms with Crippen LogP contribution in [0.2, 0.25) is 5.02 Å². The molecule has 1 amide bonds. The molecule has 0 aliphatic rings. The minimum absolute atomic E-state index is 0.0849. The van der Waals surface area contributed by atoms with Crippen molar-refractivity contribution in [1.29, 1.82) is 0 Å². The summed E-state index contributed by atoms with van der Waals surface area (Å²) in [6.07, 6.45) is 0.911. The first-order valence-electron chi connectivity index (χ1n) is 8.10. The first kappa shape index (κ1) is 18.3. The minimum Gasteiger partial charge on any atom is -0.369 e. The van der Waals surface area contributed by atoms with E-state index in [0.29, 0.717) is 28.7 Å². The summed E-state index contributed by atoms with van der Waals surface area (Å²) in [6.45, 7) is 6.69. The molecule has 0 radical (unpaired) electrons. The van der Waals surface area contributed by atoms with Gasteiger partial charge >= 0.3 is 0 Å². The predicted molar refractivity (Wildman–Crippen MR) is 96.4 cm³/mol. The summed E-state index contributed by atoms with van der Waals surface area (Å²) in [5.74, 6) is -0.436. The van der Waals surface area contributed by atoms with Crippen LogP contribution in [0.4, 0.5) is 0 Å². The third-order valence-electron chi connectivity index (χ3n) is 4.15. The van der Waals surface area contributed by atoms with Crippen LogP contribution in [0.3, 0.4) is 0 Å². The summed E-state index contributed by atoms with van der Waals surface area (Å²) >= 11 is 5.89. The summed E-state index contributed by atoms with van der Waals surface area (Å²) in [4.78, 5) is 24.4. The molecule has 0 aliphatic heterocycles. The molecule has 128 valence electrons. The Morgan fingerprint density at radius 3 is 2.25 bits per heavy atom. The van der Waals surface area contributed by atoms with E-state index in [1.807, 2.05) is 10.6 Å². The second kappa shape index (κ2) is 7.67. The van der Waals surface area contributed by atoms with Crippen LogP contribution in [0.1, 0.15) is 54.9 Å². The average Bonchev–Trinajstić information content (AvgIpc) is 2.95. The van der Waals surface area contributed by atoms with Gasteiger partial charge in [0.25, 0.3) is 0 Å². The highest BCUT2D eigenvalue weighted by Gasteiger charge is 2.22. The molecule has 2 N–H and O–H groups in total. The van der Waals surface area contributed by atoms with Gasteiger partial charge in [0.05, 0.1) is 11.6 Å². The second-order valence-corrected chi connectivity index (χ2v) is 6.87. The number of primary amides is 1. The van der Waals surface area contributed by atoms with E-state index in [1.165, 1.54) is 0 Å². The van der Waals surface area contributed by atoms with Crippen molar-refractivity contribution < 1.29 is 9.59 Å². The molecular weight excluding hydrogens is 324 g/mol. The maximum Gasteiger partial charge on any atom is 0.226 e. The standard InChI is InChI=1S/C19H23ClN2O2/c1-12(2)10-11-22-16(13(3)19(21)24)8-9-17(22)18(23)14-4-6-15(20)7-5-14/h4-9,12-13H,10-11H2,1-3H3,(H2,21,24). The lowest BCUT2D eigenvalue weighted by atomic mass is 10.1. The van der Waals surface area contributed by atoms with Crippen LogP contribution in [0.5, 0.6) is 0 Å². The van der Waals surface area contributed by atoms with Gasteiger partial charge in [-0.25, -0.2) is 0 Å². The number of ketones is 1. The van der Waals surface area contributed by atoms with Crippen LogP contribution in [0.15, 0.2) is 36.4 Å². The van der Waals surface area contributed by atoms with Gasteiger partial charge < -0.3 is 10.3 Å². The predicted octanol–water partition coefficient (Wildman–Crippen LogP) is 4.01. The summed E-state index contributed by atoms with van der Waals surface area (Å²) in [5, 5.41) is 0.588. The van der Waals surface area contributed by atoms with E-state index in [2.05, 4.69) is 13.8 Å². The van der Waals surface area contributed by atoms with Crippen molar-refractivity contribution in [3.05, 3.63) is 58.4 Å². The number of hydrogen-bond acceptors (Lipinski definition) is 2. The van der Waals surface area contributed by atoms with Crippen molar-refractivity contribution in [2.45, 2.75) is 39.7 Å². The van der Waals surface area contributed by atoms with E-state index < -0.39 is 11.8 Å². The van der Waals surface area contributed by atoms with Crippen molar-refractivity contribution in [2.75, 3.05) is 0 Å². The number of aromatic nitrogens is 1. The highest BCUT2D eigenvalue weighted by molar-refractivity contribution is 6.30. The van der Waals surface area contributed by atoms with E-state index in [-0.39, 0.29) is 5.78 Å². The molecule has 1 atom stereocenters. The molecule has 0 saturated heterocycles. The third kappa shape index (κ3) is 4.06. The Bertz CT molecular complexity index is 732. The Morgan fingerprint density at radius 1 is 1.08 bits per heavy atom. The molecule has 1 aromatic heterocycles. The minimum atomic E-state index is -0.441. The molecule has 0 aliphatic carbocycles. The summed E-state index contributed by atoms with van der Waals surface area (Å²) in [6, 6.07) is 10.4. The molecule has 2 aromatic rings. The number of hydrogen-bond donors (Lipinski definition) is 1. The van der Waals surface area contributed by atoms with Crippen LogP contribution in [0, 0.1) is 5.92 Å². The molecule has 1 unspecified atom stereocenters. The number of carbonyl (C=O) groups is 2. The average molecular weight is 347 g/mol. The second-order valence-electron chi connectivity index (χ2n) is 6.44. The first-order chi connectivity index (χ1) is 11.3. The number of amides is 1. The number of benzene rings is 1. The number of carbonyl (C=O) groups excluding carboxylic acids is 2. The van der Waals surface area contributed by atoms with E-state index in [1.54, 1.807) is 37.3 Å². The van der Waals surface area contributed by atoms with Crippen molar-refractivity contribution >= 4 is 23.3 Å². The Balaban J connectivity index is 2.42. The highest BCUT2D eigenvalue weighted by Crippen LogP contribution is 2.23. The molecule has 0 bridgehead atoms. The lowest BCUT2D eigenvalue weighted by molar-refractivity contribution is -0.119. The number of nitrogens with two attached hydrogens (primary N) is 1. The molecule has 24 heavy (non-hydrogen) atoms. The molecule has 1 heterocycles. The topological polar surface area (TPSA) is 65.1 Å². The first-order valence-corrected chi connectivity index (χ1v) is 8.48. The molecule has 1 aromatic carbocycles. The molecule has 5 heteroatoms. The lowest BCUT2D eigenvalue weighted by Gasteiger charge is -2.17. The van der Waals surface area contributed by atoms with Gasteiger partial charge in [0.2, 0.25) is 11.7 Å².